The monoisotopic (exact) mass is 516 g/mol. The van der Waals surface area contributed by atoms with Gasteiger partial charge in [0.2, 0.25) is 5.95 Å². The normalized spacial score (nSPS) is 16.9. The predicted octanol–water partition coefficient (Wildman–Crippen LogP) is 5.21. The van der Waals surface area contributed by atoms with Gasteiger partial charge in [-0.3, -0.25) is 0 Å². The fourth-order valence-corrected chi connectivity index (χ4v) is 5.83. The van der Waals surface area contributed by atoms with Crippen molar-refractivity contribution in [2.24, 2.45) is 5.92 Å². The molecule has 1 aliphatic heterocycles. The van der Waals surface area contributed by atoms with Crippen LogP contribution in [0.25, 0.3) is 21.8 Å². The van der Waals surface area contributed by atoms with Crippen LogP contribution in [-0.4, -0.2) is 44.5 Å². The second-order valence-electron chi connectivity index (χ2n) is 9.77. The van der Waals surface area contributed by atoms with Gasteiger partial charge in [0.1, 0.15) is 11.0 Å². The van der Waals surface area contributed by atoms with Gasteiger partial charge in [0.25, 0.3) is 0 Å². The van der Waals surface area contributed by atoms with Crippen LogP contribution in [0.1, 0.15) is 45.5 Å². The zero-order valence-corrected chi connectivity index (χ0v) is 22.3. The van der Waals surface area contributed by atoms with Gasteiger partial charge in [0.05, 0.1) is 27.0 Å². The number of anilines is 2. The average molecular weight is 517 g/mol. The highest BCUT2D eigenvalue weighted by Crippen LogP contribution is 2.41. The Hall–Kier alpha value is -2.43. The van der Waals surface area contributed by atoms with Gasteiger partial charge in [0, 0.05) is 29.5 Å². The third-order valence-electron chi connectivity index (χ3n) is 5.74. The first-order valence-electron chi connectivity index (χ1n) is 12.0. The molecule has 0 amide bonds. The Balaban J connectivity index is 1.71. The second kappa shape index (κ2) is 11.1. The lowest BCUT2D eigenvalue weighted by Gasteiger charge is -2.13. The Morgan fingerprint density at radius 1 is 1.26 bits per heavy atom. The average Bonchev–Trinajstić information content (AvgIpc) is 3.50. The largest absolute Gasteiger partial charge is 0.354 e. The lowest BCUT2D eigenvalue weighted by Crippen LogP contribution is -2.18. The van der Waals surface area contributed by atoms with Crippen LogP contribution in [0.5, 0.6) is 0 Å². The molecule has 2 atom stereocenters. The molecule has 0 saturated carbocycles. The predicted molar refractivity (Wildman–Crippen MR) is 144 cm³/mol. The van der Waals surface area contributed by atoms with Crippen molar-refractivity contribution in [2.45, 2.75) is 46.0 Å². The Labute approximate surface area is 213 Å². The van der Waals surface area contributed by atoms with E-state index in [9.17, 15) is 4.21 Å². The van der Waals surface area contributed by atoms with Gasteiger partial charge < -0.3 is 15.4 Å². The van der Waals surface area contributed by atoms with Crippen molar-refractivity contribution in [3.63, 3.8) is 0 Å². The topological polar surface area (TPSA) is 91.8 Å². The van der Waals surface area contributed by atoms with Crippen molar-refractivity contribution >= 4 is 34.0 Å². The molecule has 35 heavy (non-hydrogen) atoms. The van der Waals surface area contributed by atoms with E-state index >= 15 is 4.39 Å². The summed E-state index contributed by atoms with van der Waals surface area (Å²) in [5.74, 6) is 1.09. The van der Waals surface area contributed by atoms with Gasteiger partial charge in [-0.2, -0.15) is 0 Å². The van der Waals surface area contributed by atoms with Crippen molar-refractivity contribution < 1.29 is 8.60 Å². The maximum Gasteiger partial charge on any atom is 0.223 e. The quantitative estimate of drug-likeness (QED) is 0.362. The molecule has 0 aliphatic carbocycles. The number of aromatic nitrogens is 3. The Kier molecular flexibility index (Phi) is 8.13. The molecule has 1 saturated heterocycles. The summed E-state index contributed by atoms with van der Waals surface area (Å²) in [6, 6.07) is 6.91. The molecule has 1 fully saturated rings. The van der Waals surface area contributed by atoms with Crippen molar-refractivity contribution in [1.82, 2.24) is 20.3 Å². The maximum absolute atomic E-state index is 15.6. The van der Waals surface area contributed by atoms with Gasteiger partial charge in [-0.15, -0.1) is 11.3 Å². The number of nitrogens with one attached hydrogen (secondary N) is 3. The standard InChI is InChI=1S/C25H33FN6OS2/c1-5-13-35(33)32-18-8-6-7-17(20(18)26)21-22(34-23(31-21)25(2,3)4)19-10-12-28-24(30-19)29-15-16-9-11-27-14-16/h6-8,10,12,16,27,32H,5,9,11,13-15H2,1-4H3,(H,28,29,30). The van der Waals surface area contributed by atoms with E-state index in [1.54, 1.807) is 24.4 Å². The molecule has 2 unspecified atom stereocenters. The van der Waals surface area contributed by atoms with Crippen LogP contribution in [0.3, 0.4) is 0 Å². The molecular weight excluding hydrogens is 483 g/mol. The highest BCUT2D eigenvalue weighted by molar-refractivity contribution is 7.86. The van der Waals surface area contributed by atoms with Crippen LogP contribution >= 0.6 is 11.3 Å². The van der Waals surface area contributed by atoms with E-state index in [4.69, 9.17) is 9.97 Å². The minimum absolute atomic E-state index is 0.209. The Morgan fingerprint density at radius 3 is 2.80 bits per heavy atom. The van der Waals surface area contributed by atoms with Gasteiger partial charge >= 0.3 is 0 Å². The molecule has 0 bridgehead atoms. The van der Waals surface area contributed by atoms with Crippen LogP contribution in [0.15, 0.2) is 30.5 Å². The maximum atomic E-state index is 15.6. The summed E-state index contributed by atoms with van der Waals surface area (Å²) in [5.41, 5.74) is 1.58. The zero-order valence-electron chi connectivity index (χ0n) is 20.7. The van der Waals surface area contributed by atoms with E-state index in [0.717, 1.165) is 42.4 Å². The summed E-state index contributed by atoms with van der Waals surface area (Å²) >= 11 is 1.52. The highest BCUT2D eigenvalue weighted by atomic mass is 32.2. The molecule has 0 spiro atoms. The minimum atomic E-state index is -1.34. The third-order valence-corrected chi connectivity index (χ3v) is 8.47. The fraction of sp³-hybridized carbons (Fsp3) is 0.480. The summed E-state index contributed by atoms with van der Waals surface area (Å²) in [6.07, 6.45) is 3.60. The van der Waals surface area contributed by atoms with E-state index < -0.39 is 16.8 Å². The number of thiazole rings is 1. The summed E-state index contributed by atoms with van der Waals surface area (Å²) in [6.45, 7) is 11.0. The summed E-state index contributed by atoms with van der Waals surface area (Å²) < 4.78 is 30.7. The Bertz CT molecular complexity index is 1190. The van der Waals surface area contributed by atoms with Gasteiger partial charge in [-0.05, 0) is 50.0 Å². The van der Waals surface area contributed by atoms with Crippen molar-refractivity contribution in [1.29, 1.82) is 0 Å². The summed E-state index contributed by atoms with van der Waals surface area (Å²) in [5, 5.41) is 7.61. The van der Waals surface area contributed by atoms with Crippen molar-refractivity contribution in [3.8, 4) is 21.8 Å². The second-order valence-corrected chi connectivity index (χ2v) is 12.1. The molecule has 1 aromatic carbocycles. The third kappa shape index (κ3) is 6.23. The van der Waals surface area contributed by atoms with E-state index in [0.29, 0.717) is 34.6 Å². The number of hydrogen-bond acceptors (Lipinski definition) is 7. The molecule has 3 N–H and O–H groups in total. The number of rotatable bonds is 9. The zero-order chi connectivity index (χ0) is 25.0. The molecule has 4 rings (SSSR count). The van der Waals surface area contributed by atoms with Crippen LogP contribution < -0.4 is 15.4 Å². The van der Waals surface area contributed by atoms with Crippen LogP contribution in [-0.2, 0) is 16.4 Å². The molecule has 2 aromatic heterocycles. The molecule has 3 heterocycles. The molecule has 188 valence electrons. The van der Waals surface area contributed by atoms with Gasteiger partial charge in [0.15, 0.2) is 5.82 Å². The Morgan fingerprint density at radius 2 is 2.09 bits per heavy atom. The number of nitrogens with zero attached hydrogens (tertiary/aromatic N) is 3. The van der Waals surface area contributed by atoms with Crippen LogP contribution in [0.2, 0.25) is 0 Å². The number of halogens is 1. The van der Waals surface area contributed by atoms with E-state index in [-0.39, 0.29) is 11.1 Å². The first-order valence-corrected chi connectivity index (χ1v) is 14.1. The lowest BCUT2D eigenvalue weighted by molar-refractivity contribution is 0.585. The van der Waals surface area contributed by atoms with Crippen molar-refractivity contribution in [2.75, 3.05) is 35.4 Å². The van der Waals surface area contributed by atoms with E-state index in [1.165, 1.54) is 11.3 Å². The molecule has 10 heteroatoms. The summed E-state index contributed by atoms with van der Waals surface area (Å²) in [7, 11) is -1.34. The van der Waals surface area contributed by atoms with Crippen molar-refractivity contribution in [3.05, 3.63) is 41.3 Å². The van der Waals surface area contributed by atoms with Crippen LogP contribution in [0.4, 0.5) is 16.0 Å². The molecule has 3 aromatic rings. The number of hydrogen-bond donors (Lipinski definition) is 3. The van der Waals surface area contributed by atoms with E-state index in [1.807, 2.05) is 13.0 Å². The molecule has 0 radical (unpaired) electrons. The first-order chi connectivity index (χ1) is 16.8. The van der Waals surface area contributed by atoms with Crippen LogP contribution in [0, 0.1) is 11.7 Å². The van der Waals surface area contributed by atoms with Gasteiger partial charge in [-0.1, -0.05) is 33.8 Å². The molecule has 7 nitrogen and oxygen atoms in total. The fourth-order valence-electron chi connectivity index (χ4n) is 3.84. The van der Waals surface area contributed by atoms with E-state index in [2.05, 4.69) is 41.1 Å². The van der Waals surface area contributed by atoms with Gasteiger partial charge in [-0.25, -0.2) is 23.6 Å². The lowest BCUT2D eigenvalue weighted by atomic mass is 9.98. The number of benzene rings is 1. The molecular formula is C25H33FN6OS2. The smallest absolute Gasteiger partial charge is 0.223 e. The first kappa shape index (κ1) is 25.7. The minimum Gasteiger partial charge on any atom is -0.354 e. The highest BCUT2D eigenvalue weighted by Gasteiger charge is 2.26. The SMILES string of the molecule is CCCS(=O)Nc1cccc(-c2nc(C(C)(C)C)sc2-c2ccnc(NCC3CCNC3)n2)c1F. The summed E-state index contributed by atoms with van der Waals surface area (Å²) in [4.78, 5) is 14.8. The molecule has 1 aliphatic rings.